The fourth-order valence-electron chi connectivity index (χ4n) is 2.15. The molecule has 0 spiro atoms. The number of rotatable bonds is 7. The van der Waals surface area contributed by atoms with E-state index in [-0.39, 0.29) is 18.2 Å². The van der Waals surface area contributed by atoms with Crippen LogP contribution in [-0.2, 0) is 29.6 Å². The molecular formula is C15H25N3O3. The molecule has 0 bridgehead atoms. The lowest BCUT2D eigenvalue weighted by atomic mass is 9.76. The number of carboxylic acids is 1. The molecule has 1 unspecified atom stereocenters. The van der Waals surface area contributed by atoms with Crippen molar-refractivity contribution in [2.75, 3.05) is 0 Å². The Morgan fingerprint density at radius 1 is 1.48 bits per heavy atom. The predicted octanol–water partition coefficient (Wildman–Crippen LogP) is 1.74. The van der Waals surface area contributed by atoms with E-state index in [0.717, 1.165) is 17.7 Å². The molecule has 0 aliphatic carbocycles. The van der Waals surface area contributed by atoms with E-state index in [9.17, 15) is 14.7 Å². The Morgan fingerprint density at radius 3 is 2.57 bits per heavy atom. The van der Waals surface area contributed by atoms with Crippen LogP contribution < -0.4 is 5.32 Å². The molecule has 1 amide bonds. The maximum Gasteiger partial charge on any atom is 0.310 e. The van der Waals surface area contributed by atoms with E-state index >= 15 is 0 Å². The average molecular weight is 295 g/mol. The lowest BCUT2D eigenvalue weighted by molar-refractivity contribution is -0.153. The summed E-state index contributed by atoms with van der Waals surface area (Å²) in [6, 6.07) is 0. The van der Waals surface area contributed by atoms with E-state index in [0.29, 0.717) is 6.54 Å². The molecule has 1 aromatic heterocycles. The Balaban J connectivity index is 2.67. The Kier molecular flexibility index (Phi) is 5.52. The molecular weight excluding hydrogens is 270 g/mol. The minimum atomic E-state index is -1.05. The number of hydrogen-bond donors (Lipinski definition) is 2. The average Bonchev–Trinajstić information content (AvgIpc) is 2.76. The van der Waals surface area contributed by atoms with Crippen molar-refractivity contribution in [3.05, 3.63) is 17.5 Å². The summed E-state index contributed by atoms with van der Waals surface area (Å²) in [6.07, 6.45) is 2.64. The van der Waals surface area contributed by atoms with Gasteiger partial charge in [0.05, 0.1) is 11.1 Å². The lowest BCUT2D eigenvalue weighted by Gasteiger charge is -2.28. The number of carboxylic acid groups (broad SMARTS) is 1. The number of hydrogen-bond acceptors (Lipinski definition) is 3. The van der Waals surface area contributed by atoms with Crippen LogP contribution in [0.15, 0.2) is 6.20 Å². The van der Waals surface area contributed by atoms with E-state index in [1.165, 1.54) is 0 Å². The second-order valence-corrected chi connectivity index (χ2v) is 5.96. The van der Waals surface area contributed by atoms with Crippen LogP contribution in [0.1, 0.15) is 45.4 Å². The maximum atomic E-state index is 12.0. The van der Waals surface area contributed by atoms with Crippen LogP contribution in [0.4, 0.5) is 0 Å². The van der Waals surface area contributed by atoms with Gasteiger partial charge in [-0.15, -0.1) is 0 Å². The van der Waals surface area contributed by atoms with Gasteiger partial charge in [0, 0.05) is 31.8 Å². The zero-order valence-electron chi connectivity index (χ0n) is 13.4. The third-order valence-electron chi connectivity index (χ3n) is 4.09. The Morgan fingerprint density at radius 2 is 2.10 bits per heavy atom. The number of aromatic nitrogens is 2. The van der Waals surface area contributed by atoms with Crippen LogP contribution in [0, 0.1) is 11.3 Å². The number of nitrogens with one attached hydrogen (secondary N) is 1. The molecule has 0 aliphatic heterocycles. The molecule has 21 heavy (non-hydrogen) atoms. The zero-order valence-corrected chi connectivity index (χ0v) is 13.4. The molecule has 0 radical (unpaired) electrons. The van der Waals surface area contributed by atoms with Gasteiger partial charge in [-0.3, -0.25) is 14.3 Å². The van der Waals surface area contributed by atoms with Gasteiger partial charge in [0.25, 0.3) is 0 Å². The number of amides is 1. The smallest absolute Gasteiger partial charge is 0.310 e. The van der Waals surface area contributed by atoms with Gasteiger partial charge in [-0.25, -0.2) is 0 Å². The molecule has 6 nitrogen and oxygen atoms in total. The van der Waals surface area contributed by atoms with Crippen molar-refractivity contribution in [1.82, 2.24) is 15.1 Å². The summed E-state index contributed by atoms with van der Waals surface area (Å²) in [7, 11) is 1.84. The van der Waals surface area contributed by atoms with Gasteiger partial charge < -0.3 is 10.4 Å². The highest BCUT2D eigenvalue weighted by molar-refractivity contribution is 5.84. The van der Waals surface area contributed by atoms with Crippen molar-refractivity contribution < 1.29 is 14.7 Å². The van der Waals surface area contributed by atoms with Crippen molar-refractivity contribution in [2.45, 2.75) is 47.1 Å². The van der Waals surface area contributed by atoms with E-state index in [4.69, 9.17) is 0 Å². The predicted molar refractivity (Wildman–Crippen MR) is 79.6 cm³/mol. The summed E-state index contributed by atoms with van der Waals surface area (Å²) < 4.78 is 1.72. The first-order valence-electron chi connectivity index (χ1n) is 7.22. The van der Waals surface area contributed by atoms with Gasteiger partial charge in [-0.05, 0) is 19.3 Å². The summed E-state index contributed by atoms with van der Waals surface area (Å²) in [6.45, 7) is 7.63. The van der Waals surface area contributed by atoms with Crippen molar-refractivity contribution in [2.24, 2.45) is 18.4 Å². The third-order valence-corrected chi connectivity index (χ3v) is 4.09. The Labute approximate surface area is 125 Å². The molecule has 2 N–H and O–H groups in total. The Bertz CT molecular complexity index is 522. The van der Waals surface area contributed by atoms with Crippen molar-refractivity contribution in [3.8, 4) is 0 Å². The van der Waals surface area contributed by atoms with Crippen LogP contribution in [0.2, 0.25) is 0 Å². The van der Waals surface area contributed by atoms with Gasteiger partial charge in [0.2, 0.25) is 5.91 Å². The van der Waals surface area contributed by atoms with Gasteiger partial charge in [0.15, 0.2) is 0 Å². The van der Waals surface area contributed by atoms with Crippen LogP contribution >= 0.6 is 0 Å². The first-order chi connectivity index (χ1) is 9.70. The fraction of sp³-hybridized carbons (Fsp3) is 0.667. The molecule has 6 heteroatoms. The van der Waals surface area contributed by atoms with Crippen molar-refractivity contribution in [1.29, 1.82) is 0 Å². The molecule has 0 saturated carbocycles. The second-order valence-electron chi connectivity index (χ2n) is 5.96. The molecule has 0 aliphatic rings. The van der Waals surface area contributed by atoms with Crippen molar-refractivity contribution in [3.63, 3.8) is 0 Å². The van der Waals surface area contributed by atoms with E-state index in [1.54, 1.807) is 11.6 Å². The van der Waals surface area contributed by atoms with Gasteiger partial charge >= 0.3 is 5.97 Å². The molecule has 1 rings (SSSR count). The van der Waals surface area contributed by atoms with E-state index < -0.39 is 11.4 Å². The van der Waals surface area contributed by atoms with Crippen LogP contribution in [0.25, 0.3) is 0 Å². The first-order valence-corrected chi connectivity index (χ1v) is 7.22. The minimum Gasteiger partial charge on any atom is -0.481 e. The summed E-state index contributed by atoms with van der Waals surface area (Å²) in [5.41, 5.74) is 0.865. The Hall–Kier alpha value is -1.85. The van der Waals surface area contributed by atoms with Crippen LogP contribution in [-0.4, -0.2) is 26.8 Å². The van der Waals surface area contributed by atoms with E-state index in [2.05, 4.69) is 10.4 Å². The molecule has 1 atom stereocenters. The summed E-state index contributed by atoms with van der Waals surface area (Å²) in [5.74, 6) is -1.31. The topological polar surface area (TPSA) is 84.2 Å². The first kappa shape index (κ1) is 17.2. The minimum absolute atomic E-state index is 0.0261. The normalized spacial score (nSPS) is 14.0. The highest BCUT2D eigenvalue weighted by Gasteiger charge is 2.38. The highest BCUT2D eigenvalue weighted by Crippen LogP contribution is 2.31. The summed E-state index contributed by atoms with van der Waals surface area (Å²) in [4.78, 5) is 23.4. The lowest BCUT2D eigenvalue weighted by Crippen LogP contribution is -2.39. The SMILES string of the molecule is CCc1nn(C)cc1CNC(=O)CC(C)(C(=O)O)C(C)C. The largest absolute Gasteiger partial charge is 0.481 e. The number of aliphatic carboxylic acids is 1. The molecule has 1 aromatic rings. The fourth-order valence-corrected chi connectivity index (χ4v) is 2.15. The van der Waals surface area contributed by atoms with Crippen LogP contribution in [0.3, 0.4) is 0 Å². The monoisotopic (exact) mass is 295 g/mol. The summed E-state index contributed by atoms with van der Waals surface area (Å²) in [5, 5.41) is 16.4. The quantitative estimate of drug-likeness (QED) is 0.802. The zero-order chi connectivity index (χ0) is 16.2. The second kappa shape index (κ2) is 6.74. The van der Waals surface area contributed by atoms with Crippen molar-refractivity contribution >= 4 is 11.9 Å². The molecule has 0 aromatic carbocycles. The molecule has 0 saturated heterocycles. The molecule has 118 valence electrons. The molecule has 0 fully saturated rings. The van der Waals surface area contributed by atoms with Gasteiger partial charge in [-0.2, -0.15) is 5.10 Å². The number of nitrogens with zero attached hydrogens (tertiary/aromatic N) is 2. The number of carbonyl (C=O) groups is 2. The highest BCUT2D eigenvalue weighted by atomic mass is 16.4. The van der Waals surface area contributed by atoms with E-state index in [1.807, 2.05) is 34.0 Å². The summed E-state index contributed by atoms with van der Waals surface area (Å²) >= 11 is 0. The maximum absolute atomic E-state index is 12.0. The van der Waals surface area contributed by atoms with Gasteiger partial charge in [-0.1, -0.05) is 20.8 Å². The van der Waals surface area contributed by atoms with Gasteiger partial charge in [0.1, 0.15) is 0 Å². The standard InChI is InChI=1S/C15H25N3O3/c1-6-12-11(9-18(5)17-12)8-16-13(19)7-15(4,10(2)3)14(20)21/h9-10H,6-8H2,1-5H3,(H,16,19)(H,20,21). The third kappa shape index (κ3) is 4.06. The number of carbonyl (C=O) groups excluding carboxylic acids is 1. The molecule has 1 heterocycles. The number of aryl methyl sites for hydroxylation is 2. The van der Waals surface area contributed by atoms with Crippen LogP contribution in [0.5, 0.6) is 0 Å².